The fourth-order valence-electron chi connectivity index (χ4n) is 0.288. The molecule has 0 fully saturated rings. The topological polar surface area (TPSA) is 69.4 Å². The van der Waals surface area contributed by atoms with Crippen molar-refractivity contribution in [1.29, 1.82) is 0 Å². The SMILES string of the molecule is C=CC(N)=O.[CH2]CCOC(=O)C(=C)C. The Morgan fingerprint density at radius 3 is 2.14 bits per heavy atom. The van der Waals surface area contributed by atoms with Gasteiger partial charge in [-0.05, 0) is 26.3 Å². The van der Waals surface area contributed by atoms with Crippen LogP contribution in [0.5, 0.6) is 0 Å². The lowest BCUT2D eigenvalue weighted by atomic mass is 10.4. The lowest BCUT2D eigenvalue weighted by molar-refractivity contribution is -0.138. The monoisotopic (exact) mass is 198 g/mol. The zero-order valence-electron chi connectivity index (χ0n) is 8.41. The van der Waals surface area contributed by atoms with Gasteiger partial charge in [0.05, 0.1) is 6.61 Å². The lowest BCUT2D eigenvalue weighted by Gasteiger charge is -1.99. The smallest absolute Gasteiger partial charge is 0.333 e. The molecule has 0 aromatic heterocycles. The lowest BCUT2D eigenvalue weighted by Crippen LogP contribution is -2.04. The highest BCUT2D eigenvalue weighted by Gasteiger charge is 1.99. The number of rotatable bonds is 4. The second kappa shape index (κ2) is 9.51. The summed E-state index contributed by atoms with van der Waals surface area (Å²) in [5, 5.41) is 0. The number of carbonyl (C=O) groups excluding carboxylic acids is 2. The van der Waals surface area contributed by atoms with Gasteiger partial charge in [-0.15, -0.1) is 0 Å². The molecule has 2 N–H and O–H groups in total. The van der Waals surface area contributed by atoms with E-state index in [1.807, 2.05) is 0 Å². The molecule has 0 atom stereocenters. The molecule has 0 aliphatic carbocycles. The van der Waals surface area contributed by atoms with Crippen LogP contribution in [0.3, 0.4) is 0 Å². The number of hydrogen-bond acceptors (Lipinski definition) is 3. The summed E-state index contributed by atoms with van der Waals surface area (Å²) in [6.45, 7) is 12.0. The highest BCUT2D eigenvalue weighted by Crippen LogP contribution is 1.91. The first-order chi connectivity index (χ1) is 6.45. The molecule has 0 aliphatic rings. The van der Waals surface area contributed by atoms with Crippen molar-refractivity contribution in [3.8, 4) is 0 Å². The molecule has 0 aliphatic heterocycles. The molecule has 0 saturated carbocycles. The van der Waals surface area contributed by atoms with Gasteiger partial charge < -0.3 is 10.5 Å². The number of nitrogens with two attached hydrogens (primary N) is 1. The molecule has 4 nitrogen and oxygen atoms in total. The predicted molar refractivity (Wildman–Crippen MR) is 55.1 cm³/mol. The standard InChI is InChI=1S/C7H11O2.C3H5NO/c1-4-5-9-7(8)6(2)3;1-2-3(4)5/h1-2,4-5H2,3H3;2H,1H2,(H2,4,5). The van der Waals surface area contributed by atoms with Crippen molar-refractivity contribution < 1.29 is 14.3 Å². The van der Waals surface area contributed by atoms with Gasteiger partial charge in [0.15, 0.2) is 0 Å². The molecule has 79 valence electrons. The molecule has 1 radical (unpaired) electrons. The van der Waals surface area contributed by atoms with Crippen LogP contribution in [0.2, 0.25) is 0 Å². The van der Waals surface area contributed by atoms with E-state index < -0.39 is 5.91 Å². The van der Waals surface area contributed by atoms with Gasteiger partial charge in [0.25, 0.3) is 0 Å². The minimum absolute atomic E-state index is 0.335. The first-order valence-corrected chi connectivity index (χ1v) is 3.99. The minimum Gasteiger partial charge on any atom is -0.462 e. The van der Waals surface area contributed by atoms with E-state index in [2.05, 4.69) is 30.6 Å². The number of ether oxygens (including phenoxy) is 1. The Balaban J connectivity index is 0. The van der Waals surface area contributed by atoms with E-state index >= 15 is 0 Å². The second-order valence-electron chi connectivity index (χ2n) is 2.38. The van der Waals surface area contributed by atoms with E-state index in [1.165, 1.54) is 0 Å². The van der Waals surface area contributed by atoms with E-state index in [4.69, 9.17) is 0 Å². The van der Waals surface area contributed by atoms with Crippen molar-refractivity contribution in [2.24, 2.45) is 5.73 Å². The van der Waals surface area contributed by atoms with Crippen LogP contribution in [0.15, 0.2) is 24.8 Å². The summed E-state index contributed by atoms with van der Waals surface area (Å²) in [5.41, 5.74) is 4.97. The molecule has 0 bridgehead atoms. The summed E-state index contributed by atoms with van der Waals surface area (Å²) in [5.74, 6) is -0.816. The van der Waals surface area contributed by atoms with Crippen LogP contribution in [-0.4, -0.2) is 18.5 Å². The molecule has 0 aromatic carbocycles. The fourth-order valence-corrected chi connectivity index (χ4v) is 0.288. The number of primary amides is 1. The van der Waals surface area contributed by atoms with Crippen LogP contribution >= 0.6 is 0 Å². The third-order valence-corrected chi connectivity index (χ3v) is 0.927. The Labute approximate surface area is 84.4 Å². The molecule has 0 saturated heterocycles. The predicted octanol–water partition coefficient (Wildman–Crippen LogP) is 0.988. The Bertz CT molecular complexity index is 221. The number of carbonyl (C=O) groups is 2. The van der Waals surface area contributed by atoms with E-state index in [0.29, 0.717) is 18.6 Å². The van der Waals surface area contributed by atoms with Gasteiger partial charge in [-0.2, -0.15) is 0 Å². The summed E-state index contributed by atoms with van der Waals surface area (Å²) in [6, 6.07) is 0. The quantitative estimate of drug-likeness (QED) is 0.541. The van der Waals surface area contributed by atoms with Crippen molar-refractivity contribution in [3.63, 3.8) is 0 Å². The second-order valence-corrected chi connectivity index (χ2v) is 2.38. The highest BCUT2D eigenvalue weighted by molar-refractivity contribution is 5.86. The zero-order chi connectivity index (χ0) is 11.6. The van der Waals surface area contributed by atoms with Crippen LogP contribution in [-0.2, 0) is 14.3 Å². The van der Waals surface area contributed by atoms with E-state index in [-0.39, 0.29) is 5.97 Å². The maximum atomic E-state index is 10.6. The maximum absolute atomic E-state index is 10.6. The molecule has 0 heterocycles. The first kappa shape index (κ1) is 14.9. The number of esters is 1. The van der Waals surface area contributed by atoms with E-state index in [1.54, 1.807) is 6.92 Å². The van der Waals surface area contributed by atoms with Crippen LogP contribution < -0.4 is 5.73 Å². The Morgan fingerprint density at radius 1 is 1.50 bits per heavy atom. The first-order valence-electron chi connectivity index (χ1n) is 3.99. The summed E-state index contributed by atoms with van der Waals surface area (Å²) in [7, 11) is 0. The van der Waals surface area contributed by atoms with Gasteiger partial charge in [0, 0.05) is 5.57 Å². The Morgan fingerprint density at radius 2 is 1.93 bits per heavy atom. The summed E-state index contributed by atoms with van der Waals surface area (Å²) < 4.78 is 4.65. The average Bonchev–Trinajstić information content (AvgIpc) is 2.14. The van der Waals surface area contributed by atoms with E-state index in [0.717, 1.165) is 6.08 Å². The van der Waals surface area contributed by atoms with Gasteiger partial charge >= 0.3 is 5.97 Å². The van der Waals surface area contributed by atoms with Crippen LogP contribution in [0, 0.1) is 6.92 Å². The van der Waals surface area contributed by atoms with Crippen LogP contribution in [0.1, 0.15) is 13.3 Å². The van der Waals surface area contributed by atoms with Crippen molar-refractivity contribution in [2.45, 2.75) is 13.3 Å². The van der Waals surface area contributed by atoms with Crippen LogP contribution in [0.4, 0.5) is 0 Å². The third kappa shape index (κ3) is 13.0. The fraction of sp³-hybridized carbons (Fsp3) is 0.300. The van der Waals surface area contributed by atoms with Crippen LogP contribution in [0.25, 0.3) is 0 Å². The maximum Gasteiger partial charge on any atom is 0.333 e. The average molecular weight is 198 g/mol. The molecule has 0 aromatic rings. The van der Waals surface area contributed by atoms with Crippen molar-refractivity contribution in [2.75, 3.05) is 6.61 Å². The molecule has 0 spiro atoms. The molecule has 0 unspecified atom stereocenters. The summed E-state index contributed by atoms with van der Waals surface area (Å²) >= 11 is 0. The molecule has 4 heteroatoms. The normalized spacial score (nSPS) is 7.86. The minimum atomic E-state index is -0.481. The number of hydrogen-bond donors (Lipinski definition) is 1. The third-order valence-electron chi connectivity index (χ3n) is 0.927. The zero-order valence-corrected chi connectivity index (χ0v) is 8.41. The van der Waals surface area contributed by atoms with Gasteiger partial charge in [0.1, 0.15) is 0 Å². The van der Waals surface area contributed by atoms with Crippen molar-refractivity contribution in [3.05, 3.63) is 31.7 Å². The van der Waals surface area contributed by atoms with Crippen molar-refractivity contribution in [1.82, 2.24) is 0 Å². The largest absolute Gasteiger partial charge is 0.462 e. The van der Waals surface area contributed by atoms with E-state index in [9.17, 15) is 9.59 Å². The summed E-state index contributed by atoms with van der Waals surface area (Å²) in [4.78, 5) is 20.0. The number of amides is 1. The Kier molecular flexibility index (Phi) is 10.1. The van der Waals surface area contributed by atoms with Gasteiger partial charge in [-0.3, -0.25) is 4.79 Å². The van der Waals surface area contributed by atoms with Gasteiger partial charge in [-0.1, -0.05) is 13.2 Å². The molecular formula is C10H16NO3. The Hall–Kier alpha value is -1.58. The van der Waals surface area contributed by atoms with Gasteiger partial charge in [0.2, 0.25) is 5.91 Å². The molecule has 14 heavy (non-hydrogen) atoms. The van der Waals surface area contributed by atoms with Gasteiger partial charge in [-0.25, -0.2) is 4.79 Å². The van der Waals surface area contributed by atoms with Crippen molar-refractivity contribution >= 4 is 11.9 Å². The molecule has 1 amide bonds. The molecular weight excluding hydrogens is 182 g/mol. The summed E-state index contributed by atoms with van der Waals surface area (Å²) in [6.07, 6.45) is 1.67. The highest BCUT2D eigenvalue weighted by atomic mass is 16.5. The molecule has 0 rings (SSSR count).